The topological polar surface area (TPSA) is 106 Å². The number of methoxy groups -OCH3 is 2. The Morgan fingerprint density at radius 1 is 0.773 bits per heavy atom. The number of benzene rings is 3. The van der Waals surface area contributed by atoms with Gasteiger partial charge in [-0.3, -0.25) is 4.79 Å². The Morgan fingerprint density at radius 3 is 1.93 bits per heavy atom. The van der Waals surface area contributed by atoms with Crippen molar-refractivity contribution in [1.82, 2.24) is 4.98 Å². The van der Waals surface area contributed by atoms with Crippen LogP contribution in [-0.2, 0) is 25.4 Å². The van der Waals surface area contributed by atoms with Crippen molar-refractivity contribution in [2.24, 2.45) is 0 Å². The van der Waals surface area contributed by atoms with E-state index in [2.05, 4.69) is 9.72 Å². The average molecular weight is 685 g/mol. The summed E-state index contributed by atoms with van der Waals surface area (Å²) in [5.41, 5.74) is 2.73. The van der Waals surface area contributed by atoms with Crippen molar-refractivity contribution in [2.75, 3.05) is 40.6 Å². The molecule has 0 atom stereocenters. The van der Waals surface area contributed by atoms with E-state index in [9.17, 15) is 9.59 Å². The maximum Gasteiger partial charge on any atom is 0.337 e. The number of carbonyl (C=O) groups excluding carboxylic acids is 2. The predicted molar refractivity (Wildman–Crippen MR) is 169 cm³/mol. The van der Waals surface area contributed by atoms with E-state index < -0.39 is 5.97 Å². The van der Waals surface area contributed by atoms with E-state index in [4.69, 9.17) is 69.8 Å². The molecule has 0 aliphatic heterocycles. The molecule has 0 fully saturated rings. The lowest BCUT2D eigenvalue weighted by Gasteiger charge is -2.12. The van der Waals surface area contributed by atoms with E-state index in [1.54, 1.807) is 42.5 Å². The number of carbonyl (C=O) groups is 2. The fourth-order valence-electron chi connectivity index (χ4n) is 4.13. The summed E-state index contributed by atoms with van der Waals surface area (Å²) >= 11 is 25.6. The van der Waals surface area contributed by atoms with Gasteiger partial charge in [0.05, 0.1) is 53.1 Å². The van der Waals surface area contributed by atoms with Crippen molar-refractivity contribution < 1.29 is 37.7 Å². The minimum atomic E-state index is -0.471. The lowest BCUT2D eigenvalue weighted by atomic mass is 10.1. The highest BCUT2D eigenvalue weighted by Crippen LogP contribution is 2.38. The molecule has 1 aromatic heterocycles. The van der Waals surface area contributed by atoms with Gasteiger partial charge in [0, 0.05) is 38.0 Å². The van der Waals surface area contributed by atoms with Crippen LogP contribution >= 0.6 is 46.4 Å². The molecule has 44 heavy (non-hydrogen) atoms. The number of oxazole rings is 1. The zero-order valence-electron chi connectivity index (χ0n) is 23.9. The first kappa shape index (κ1) is 33.7. The summed E-state index contributed by atoms with van der Waals surface area (Å²) in [6.45, 7) is 1.62. The Kier molecular flexibility index (Phi) is 12.4. The summed E-state index contributed by atoms with van der Waals surface area (Å²) in [6.07, 6.45) is 1.93. The minimum Gasteiger partial charge on any atom is -0.490 e. The van der Waals surface area contributed by atoms with Gasteiger partial charge in [0.1, 0.15) is 5.52 Å². The third-order valence-electron chi connectivity index (χ3n) is 6.32. The van der Waals surface area contributed by atoms with Crippen LogP contribution in [0.4, 0.5) is 0 Å². The fraction of sp³-hybridized carbons (Fsp3) is 0.323. The molecule has 4 rings (SSSR count). The predicted octanol–water partition coefficient (Wildman–Crippen LogP) is 8.26. The molecule has 4 aromatic rings. The summed E-state index contributed by atoms with van der Waals surface area (Å²) in [7, 11) is 2.66. The molecular weight excluding hydrogens is 656 g/mol. The number of rotatable bonds is 15. The minimum absolute atomic E-state index is 0.238. The monoisotopic (exact) mass is 683 g/mol. The second-order valence-corrected chi connectivity index (χ2v) is 11.1. The summed E-state index contributed by atoms with van der Waals surface area (Å²) in [5, 5.41) is 1.36. The molecule has 0 saturated heterocycles. The summed E-state index contributed by atoms with van der Waals surface area (Å²) in [4.78, 5) is 27.6. The van der Waals surface area contributed by atoms with Gasteiger partial charge in [0.15, 0.2) is 17.1 Å². The second kappa shape index (κ2) is 16.2. The number of hydrogen-bond acceptors (Lipinski definition) is 9. The Labute approximate surface area is 274 Å². The first-order valence-corrected chi connectivity index (χ1v) is 15.1. The Morgan fingerprint density at radius 2 is 1.36 bits per heavy atom. The molecule has 9 nitrogen and oxygen atoms in total. The van der Waals surface area contributed by atoms with Gasteiger partial charge < -0.3 is 28.1 Å². The third-order valence-corrected chi connectivity index (χ3v) is 7.44. The summed E-state index contributed by atoms with van der Waals surface area (Å²) < 4.78 is 32.4. The van der Waals surface area contributed by atoms with Crippen LogP contribution in [0.1, 0.15) is 35.2 Å². The van der Waals surface area contributed by atoms with Crippen LogP contribution < -0.4 is 9.47 Å². The molecule has 0 bridgehead atoms. The van der Waals surface area contributed by atoms with Crippen molar-refractivity contribution in [1.29, 1.82) is 0 Å². The molecule has 1 heterocycles. The molecule has 0 aliphatic rings. The van der Waals surface area contributed by atoms with Crippen LogP contribution in [0.5, 0.6) is 11.5 Å². The number of ether oxygens (including phenoxy) is 5. The number of nitrogens with zero attached hydrogens (tertiary/aromatic N) is 1. The molecule has 0 amide bonds. The average Bonchev–Trinajstić information content (AvgIpc) is 3.44. The maximum atomic E-state index is 11.8. The fourth-order valence-corrected chi connectivity index (χ4v) is 5.37. The highest BCUT2D eigenvalue weighted by molar-refractivity contribution is 6.38. The molecular formula is C31H29Cl4NO8. The van der Waals surface area contributed by atoms with Crippen LogP contribution in [0.25, 0.3) is 22.6 Å². The Balaban J connectivity index is 1.18. The first-order chi connectivity index (χ1) is 21.2. The smallest absolute Gasteiger partial charge is 0.337 e. The van der Waals surface area contributed by atoms with Gasteiger partial charge in [0.25, 0.3) is 0 Å². The van der Waals surface area contributed by atoms with Crippen molar-refractivity contribution in [3.63, 3.8) is 0 Å². The molecule has 3 aromatic carbocycles. The molecule has 234 valence electrons. The zero-order valence-corrected chi connectivity index (χ0v) is 26.9. The Hall–Kier alpha value is -3.21. The van der Waals surface area contributed by atoms with Gasteiger partial charge in [-0.25, -0.2) is 9.78 Å². The van der Waals surface area contributed by atoms with Gasteiger partial charge >= 0.3 is 11.9 Å². The number of aromatic nitrogens is 1. The quantitative estimate of drug-likeness (QED) is 0.0904. The molecule has 0 unspecified atom stereocenters. The van der Waals surface area contributed by atoms with Gasteiger partial charge in [-0.05, 0) is 54.4 Å². The van der Waals surface area contributed by atoms with Gasteiger partial charge in [0.2, 0.25) is 5.89 Å². The zero-order chi connectivity index (χ0) is 31.6. The third kappa shape index (κ3) is 8.92. The molecule has 0 aliphatic carbocycles. The second-order valence-electron chi connectivity index (χ2n) is 9.44. The van der Waals surface area contributed by atoms with E-state index in [0.717, 1.165) is 5.56 Å². The number of halogens is 4. The SMILES string of the molecule is COC(=O)CCc1cc(Cl)c(OCCCOCCCOc2c(Cl)cc(-c3nc4ccc(C(=O)OC)cc4o3)cc2Cl)c(Cl)c1. The van der Waals surface area contributed by atoms with Crippen LogP contribution in [0.15, 0.2) is 46.9 Å². The van der Waals surface area contributed by atoms with E-state index in [1.165, 1.54) is 14.2 Å². The summed E-state index contributed by atoms with van der Waals surface area (Å²) in [6, 6.07) is 11.6. The number of hydrogen-bond donors (Lipinski definition) is 0. The first-order valence-electron chi connectivity index (χ1n) is 13.6. The molecule has 0 spiro atoms. The standard InChI is InChI=1S/C31H29Cl4NO8/c1-39-27(37)8-5-18-13-21(32)28(22(33)14-18)42-11-3-9-41-10-4-12-43-29-23(34)15-20(16-24(29)35)30-36-25-7-6-19(31(38)40-2)17-26(25)44-30/h6-7,13-17H,3-5,8-12H2,1-2H3. The van der Waals surface area contributed by atoms with Gasteiger partial charge in [-0.2, -0.15) is 0 Å². The van der Waals surface area contributed by atoms with E-state index in [-0.39, 0.29) is 12.4 Å². The molecule has 13 heteroatoms. The largest absolute Gasteiger partial charge is 0.490 e. The number of esters is 2. The van der Waals surface area contributed by atoms with Crippen molar-refractivity contribution in [3.05, 3.63) is 73.7 Å². The van der Waals surface area contributed by atoms with Crippen LogP contribution in [0, 0.1) is 0 Å². The van der Waals surface area contributed by atoms with Crippen molar-refractivity contribution >= 4 is 69.4 Å². The van der Waals surface area contributed by atoms with Gasteiger partial charge in [-0.1, -0.05) is 46.4 Å². The molecule has 0 saturated carbocycles. The van der Waals surface area contributed by atoms with Crippen molar-refractivity contribution in [3.8, 4) is 23.0 Å². The van der Waals surface area contributed by atoms with E-state index in [0.29, 0.717) is 105 Å². The van der Waals surface area contributed by atoms with Crippen LogP contribution in [0.3, 0.4) is 0 Å². The van der Waals surface area contributed by atoms with Crippen LogP contribution in [-0.4, -0.2) is 57.6 Å². The molecule has 0 radical (unpaired) electrons. The maximum absolute atomic E-state index is 11.8. The van der Waals surface area contributed by atoms with Crippen molar-refractivity contribution in [2.45, 2.75) is 25.7 Å². The number of fused-ring (bicyclic) bond motifs is 1. The highest BCUT2D eigenvalue weighted by atomic mass is 35.5. The number of aryl methyl sites for hydroxylation is 1. The highest BCUT2D eigenvalue weighted by Gasteiger charge is 2.17. The van der Waals surface area contributed by atoms with Crippen LogP contribution in [0.2, 0.25) is 20.1 Å². The lowest BCUT2D eigenvalue weighted by Crippen LogP contribution is -2.07. The normalized spacial score (nSPS) is 11.0. The molecule has 0 N–H and O–H groups in total. The lowest BCUT2D eigenvalue weighted by molar-refractivity contribution is -0.140. The Bertz CT molecular complexity index is 1580. The van der Waals surface area contributed by atoms with Gasteiger partial charge in [-0.15, -0.1) is 0 Å². The van der Waals surface area contributed by atoms with E-state index >= 15 is 0 Å². The summed E-state index contributed by atoms with van der Waals surface area (Å²) in [5.74, 6) is 0.266. The van der Waals surface area contributed by atoms with E-state index in [1.807, 2.05) is 0 Å².